The van der Waals surface area contributed by atoms with Crippen molar-refractivity contribution in [2.45, 2.75) is 19.4 Å². The molecule has 1 aliphatic rings. The van der Waals surface area contributed by atoms with Gasteiger partial charge in [0.1, 0.15) is 11.5 Å². The van der Waals surface area contributed by atoms with E-state index >= 15 is 0 Å². The molecule has 1 amide bonds. The minimum absolute atomic E-state index is 0.0873. The fourth-order valence-electron chi connectivity index (χ4n) is 3.66. The van der Waals surface area contributed by atoms with E-state index in [1.165, 1.54) is 4.90 Å². The molecular formula is C23H24BrNO5. The molecule has 158 valence electrons. The summed E-state index contributed by atoms with van der Waals surface area (Å²) in [5, 5.41) is 11.1. The number of carbonyl (C=O) groups is 2. The van der Waals surface area contributed by atoms with Crippen LogP contribution in [0.25, 0.3) is 5.76 Å². The van der Waals surface area contributed by atoms with Gasteiger partial charge in [-0.1, -0.05) is 28.1 Å². The lowest BCUT2D eigenvalue weighted by Gasteiger charge is -2.25. The van der Waals surface area contributed by atoms with Gasteiger partial charge in [-0.25, -0.2) is 0 Å². The first-order valence-corrected chi connectivity index (χ1v) is 10.4. The summed E-state index contributed by atoms with van der Waals surface area (Å²) in [6.45, 7) is 2.66. The molecule has 1 heterocycles. The number of carbonyl (C=O) groups excluding carboxylic acids is 2. The molecule has 1 fully saturated rings. The Morgan fingerprint density at radius 3 is 2.43 bits per heavy atom. The predicted molar refractivity (Wildman–Crippen MR) is 117 cm³/mol. The summed E-state index contributed by atoms with van der Waals surface area (Å²) in [4.78, 5) is 27.3. The summed E-state index contributed by atoms with van der Waals surface area (Å²) in [5.41, 5.74) is 2.12. The number of aliphatic hydroxyl groups excluding tert-OH is 1. The van der Waals surface area contributed by atoms with Gasteiger partial charge in [0.15, 0.2) is 0 Å². The third-order valence-corrected chi connectivity index (χ3v) is 5.67. The molecule has 1 saturated heterocycles. The van der Waals surface area contributed by atoms with Gasteiger partial charge >= 0.3 is 0 Å². The summed E-state index contributed by atoms with van der Waals surface area (Å²) < 4.78 is 11.3. The monoisotopic (exact) mass is 473 g/mol. The number of hydrogen-bond donors (Lipinski definition) is 1. The quantitative estimate of drug-likeness (QED) is 0.282. The molecular weight excluding hydrogens is 450 g/mol. The van der Waals surface area contributed by atoms with Crippen LogP contribution < -0.4 is 4.74 Å². The van der Waals surface area contributed by atoms with Gasteiger partial charge < -0.3 is 19.5 Å². The SMILES string of the molecule is COCCCN1C(=O)C(=O)C(=C(O)c2ccc(OC)c(C)c2)[C@H]1c1ccc(Br)cc1. The van der Waals surface area contributed by atoms with Gasteiger partial charge in [-0.3, -0.25) is 9.59 Å². The van der Waals surface area contributed by atoms with E-state index in [-0.39, 0.29) is 11.3 Å². The number of likely N-dealkylation sites (tertiary alicyclic amines) is 1. The van der Waals surface area contributed by atoms with Gasteiger partial charge in [-0.15, -0.1) is 0 Å². The number of ether oxygens (including phenoxy) is 2. The lowest BCUT2D eigenvalue weighted by atomic mass is 9.95. The fourth-order valence-corrected chi connectivity index (χ4v) is 3.93. The lowest BCUT2D eigenvalue weighted by molar-refractivity contribution is -0.140. The molecule has 0 bridgehead atoms. The van der Waals surface area contributed by atoms with Crippen molar-refractivity contribution in [3.8, 4) is 5.75 Å². The second-order valence-electron chi connectivity index (χ2n) is 7.07. The Bertz CT molecular complexity index is 984. The van der Waals surface area contributed by atoms with E-state index in [2.05, 4.69) is 15.9 Å². The first kappa shape index (κ1) is 22.1. The molecule has 0 spiro atoms. The number of aryl methyl sites for hydroxylation is 1. The molecule has 0 aliphatic carbocycles. The number of ketones is 1. The largest absolute Gasteiger partial charge is 0.507 e. The van der Waals surface area contributed by atoms with E-state index in [9.17, 15) is 14.7 Å². The number of benzene rings is 2. The normalized spacial score (nSPS) is 18.1. The molecule has 2 aromatic rings. The van der Waals surface area contributed by atoms with Crippen LogP contribution in [0.5, 0.6) is 5.75 Å². The number of methoxy groups -OCH3 is 2. The number of halogens is 1. The maximum atomic E-state index is 12.9. The van der Waals surface area contributed by atoms with E-state index in [4.69, 9.17) is 9.47 Å². The highest BCUT2D eigenvalue weighted by molar-refractivity contribution is 9.10. The van der Waals surface area contributed by atoms with Crippen molar-refractivity contribution in [1.82, 2.24) is 4.90 Å². The zero-order chi connectivity index (χ0) is 21.8. The first-order valence-electron chi connectivity index (χ1n) is 9.56. The van der Waals surface area contributed by atoms with E-state index in [0.717, 1.165) is 15.6 Å². The summed E-state index contributed by atoms with van der Waals surface area (Å²) in [7, 11) is 3.16. The Balaban J connectivity index is 2.12. The Labute approximate surface area is 184 Å². The van der Waals surface area contributed by atoms with Crippen molar-refractivity contribution in [2.24, 2.45) is 0 Å². The number of aliphatic hydroxyl groups is 1. The van der Waals surface area contributed by atoms with Crippen LogP contribution in [0, 0.1) is 6.92 Å². The van der Waals surface area contributed by atoms with Crippen LogP contribution in [0.3, 0.4) is 0 Å². The van der Waals surface area contributed by atoms with Crippen LogP contribution in [-0.4, -0.2) is 49.1 Å². The highest BCUT2D eigenvalue weighted by atomic mass is 79.9. The summed E-state index contributed by atoms with van der Waals surface area (Å²) in [6, 6.07) is 11.9. The van der Waals surface area contributed by atoms with E-state index in [0.29, 0.717) is 30.9 Å². The molecule has 0 aromatic heterocycles. The van der Waals surface area contributed by atoms with Crippen molar-refractivity contribution >= 4 is 33.4 Å². The van der Waals surface area contributed by atoms with Crippen LogP contribution in [0.15, 0.2) is 52.5 Å². The second kappa shape index (κ2) is 9.45. The van der Waals surface area contributed by atoms with Gasteiger partial charge in [-0.2, -0.15) is 0 Å². The maximum Gasteiger partial charge on any atom is 0.295 e. The maximum absolute atomic E-state index is 12.9. The fraction of sp³-hybridized carbons (Fsp3) is 0.304. The van der Waals surface area contributed by atoms with Crippen LogP contribution in [0.4, 0.5) is 0 Å². The highest BCUT2D eigenvalue weighted by Crippen LogP contribution is 2.40. The molecule has 3 rings (SSSR count). The molecule has 1 aliphatic heterocycles. The smallest absolute Gasteiger partial charge is 0.295 e. The molecule has 0 saturated carbocycles. The summed E-state index contributed by atoms with van der Waals surface area (Å²) in [6.07, 6.45) is 0.582. The summed E-state index contributed by atoms with van der Waals surface area (Å²) in [5.74, 6) is -0.825. The third kappa shape index (κ3) is 4.27. The Morgan fingerprint density at radius 1 is 1.13 bits per heavy atom. The van der Waals surface area contributed by atoms with Crippen molar-refractivity contribution in [3.63, 3.8) is 0 Å². The number of nitrogens with zero attached hydrogens (tertiary/aromatic N) is 1. The molecule has 1 N–H and O–H groups in total. The highest BCUT2D eigenvalue weighted by Gasteiger charge is 2.45. The molecule has 6 nitrogen and oxygen atoms in total. The molecule has 7 heteroatoms. The minimum Gasteiger partial charge on any atom is -0.507 e. The molecule has 1 atom stereocenters. The molecule has 30 heavy (non-hydrogen) atoms. The van der Waals surface area contributed by atoms with Crippen molar-refractivity contribution in [1.29, 1.82) is 0 Å². The van der Waals surface area contributed by atoms with Gasteiger partial charge in [0.05, 0.1) is 18.7 Å². The molecule has 2 aromatic carbocycles. The zero-order valence-electron chi connectivity index (χ0n) is 17.1. The zero-order valence-corrected chi connectivity index (χ0v) is 18.7. The average Bonchev–Trinajstić information content (AvgIpc) is 2.99. The molecule has 0 unspecified atom stereocenters. The van der Waals surface area contributed by atoms with Crippen LogP contribution in [0.2, 0.25) is 0 Å². The van der Waals surface area contributed by atoms with Gasteiger partial charge in [0, 0.05) is 30.3 Å². The second-order valence-corrected chi connectivity index (χ2v) is 7.99. The average molecular weight is 474 g/mol. The van der Waals surface area contributed by atoms with Crippen molar-refractivity contribution in [3.05, 3.63) is 69.2 Å². The van der Waals surface area contributed by atoms with E-state index in [1.807, 2.05) is 31.2 Å². The summed E-state index contributed by atoms with van der Waals surface area (Å²) >= 11 is 3.41. The Morgan fingerprint density at radius 2 is 1.83 bits per heavy atom. The Hall–Kier alpha value is -2.64. The third-order valence-electron chi connectivity index (χ3n) is 5.14. The van der Waals surface area contributed by atoms with Gasteiger partial charge in [0.25, 0.3) is 11.7 Å². The predicted octanol–water partition coefficient (Wildman–Crippen LogP) is 4.22. The number of rotatable bonds is 7. The van der Waals surface area contributed by atoms with Crippen molar-refractivity contribution < 1.29 is 24.2 Å². The molecule has 0 radical (unpaired) electrons. The van der Waals surface area contributed by atoms with Crippen LogP contribution in [0.1, 0.15) is 29.2 Å². The van der Waals surface area contributed by atoms with Gasteiger partial charge in [-0.05, 0) is 54.8 Å². The topological polar surface area (TPSA) is 76.1 Å². The first-order chi connectivity index (χ1) is 14.4. The standard InChI is InChI=1S/C23H24BrNO5/c1-14-13-16(7-10-18(14)30-3)21(26)19-20(15-5-8-17(24)9-6-15)25(11-4-12-29-2)23(28)22(19)27/h5-10,13,20,26H,4,11-12H2,1-3H3/t20-/m1/s1. The van der Waals surface area contributed by atoms with Gasteiger partial charge in [0.2, 0.25) is 0 Å². The lowest BCUT2D eigenvalue weighted by Crippen LogP contribution is -2.31. The van der Waals surface area contributed by atoms with E-state index in [1.54, 1.807) is 32.4 Å². The van der Waals surface area contributed by atoms with Crippen molar-refractivity contribution in [2.75, 3.05) is 27.4 Å². The number of Topliss-reactive ketones (excluding diaryl/α,β-unsaturated/α-hetero) is 1. The van der Waals surface area contributed by atoms with Crippen LogP contribution >= 0.6 is 15.9 Å². The number of hydrogen-bond acceptors (Lipinski definition) is 5. The van der Waals surface area contributed by atoms with E-state index < -0.39 is 17.7 Å². The number of amides is 1. The minimum atomic E-state index is -0.689. The van der Waals surface area contributed by atoms with Crippen LogP contribution in [-0.2, 0) is 14.3 Å². The Kier molecular flexibility index (Phi) is 6.95.